The van der Waals surface area contributed by atoms with Crippen LogP contribution >= 0.6 is 11.3 Å². The van der Waals surface area contributed by atoms with E-state index in [1.54, 1.807) is 16.0 Å². The smallest absolute Gasteiger partial charge is 0.181 e. The first kappa shape index (κ1) is 9.47. The minimum absolute atomic E-state index is 0.799. The molecule has 5 heteroatoms. The number of hydrogen-bond acceptors (Lipinski definition) is 4. The van der Waals surface area contributed by atoms with Crippen molar-refractivity contribution in [1.29, 1.82) is 0 Å². The van der Waals surface area contributed by atoms with Gasteiger partial charge in [0.2, 0.25) is 0 Å². The van der Waals surface area contributed by atoms with E-state index >= 15 is 0 Å². The summed E-state index contributed by atoms with van der Waals surface area (Å²) in [5.74, 6) is 0.799. The lowest BCUT2D eigenvalue weighted by Gasteiger charge is -1.99. The van der Waals surface area contributed by atoms with Crippen molar-refractivity contribution in [2.45, 2.75) is 6.92 Å². The van der Waals surface area contributed by atoms with E-state index in [0.29, 0.717) is 0 Å². The summed E-state index contributed by atoms with van der Waals surface area (Å²) in [4.78, 5) is 0. The van der Waals surface area contributed by atoms with Crippen molar-refractivity contribution in [3.05, 3.63) is 29.1 Å². The van der Waals surface area contributed by atoms with Crippen LogP contribution in [0, 0.1) is 6.92 Å². The number of thiophene rings is 1. The molecule has 0 amide bonds. The Bertz CT molecular complexity index is 653. The van der Waals surface area contributed by atoms with Crippen LogP contribution in [0.5, 0.6) is 0 Å². The number of fused-ring (bicyclic) bond motifs is 1. The van der Waals surface area contributed by atoms with Crippen LogP contribution in [0.15, 0.2) is 23.6 Å². The molecule has 0 radical (unpaired) electrons. The van der Waals surface area contributed by atoms with Gasteiger partial charge in [0, 0.05) is 17.3 Å². The van der Waals surface area contributed by atoms with Gasteiger partial charge in [-0.1, -0.05) is 0 Å². The SMILES string of the molecule is Cc1csc2ccc(-c3nnnn3C)cc12. The standard InChI is InChI=1S/C11H10N4S/c1-7-6-16-10-4-3-8(5-9(7)10)11-12-13-14-15(11)2/h3-6H,1-2H3. The Morgan fingerprint density at radius 3 is 2.94 bits per heavy atom. The second-order valence-corrected chi connectivity index (χ2v) is 4.67. The predicted molar refractivity (Wildman–Crippen MR) is 64.4 cm³/mol. The molecule has 0 saturated heterocycles. The molecule has 3 rings (SSSR count). The monoisotopic (exact) mass is 230 g/mol. The number of tetrazole rings is 1. The highest BCUT2D eigenvalue weighted by Gasteiger charge is 2.08. The number of aryl methyl sites for hydroxylation is 2. The van der Waals surface area contributed by atoms with Crippen LogP contribution < -0.4 is 0 Å². The molecule has 2 aromatic heterocycles. The van der Waals surface area contributed by atoms with Crippen molar-refractivity contribution in [3.8, 4) is 11.4 Å². The number of nitrogens with zero attached hydrogens (tertiary/aromatic N) is 4. The molecule has 0 saturated carbocycles. The van der Waals surface area contributed by atoms with E-state index in [-0.39, 0.29) is 0 Å². The first-order valence-electron chi connectivity index (χ1n) is 4.96. The Labute approximate surface area is 96.5 Å². The maximum absolute atomic E-state index is 4.01. The van der Waals surface area contributed by atoms with Gasteiger partial charge in [0.25, 0.3) is 0 Å². The summed E-state index contributed by atoms with van der Waals surface area (Å²) in [7, 11) is 1.85. The van der Waals surface area contributed by atoms with Crippen LogP contribution in [0.3, 0.4) is 0 Å². The lowest BCUT2D eigenvalue weighted by Crippen LogP contribution is -1.94. The summed E-state index contributed by atoms with van der Waals surface area (Å²) >= 11 is 1.77. The molecule has 0 aliphatic rings. The molecule has 0 spiro atoms. The summed E-state index contributed by atoms with van der Waals surface area (Å²) in [6, 6.07) is 6.33. The van der Waals surface area contributed by atoms with Crippen LogP contribution in [-0.2, 0) is 7.05 Å². The van der Waals surface area contributed by atoms with Gasteiger partial charge in [-0.05, 0) is 51.9 Å². The van der Waals surface area contributed by atoms with Gasteiger partial charge in [-0.3, -0.25) is 0 Å². The van der Waals surface area contributed by atoms with Gasteiger partial charge in [0.1, 0.15) is 0 Å². The average molecular weight is 230 g/mol. The molecule has 0 bridgehead atoms. The number of benzene rings is 1. The molecule has 0 unspecified atom stereocenters. The number of rotatable bonds is 1. The molecule has 80 valence electrons. The first-order valence-corrected chi connectivity index (χ1v) is 5.84. The Morgan fingerprint density at radius 1 is 1.31 bits per heavy atom. The van der Waals surface area contributed by atoms with Gasteiger partial charge < -0.3 is 0 Å². The molecule has 0 aliphatic carbocycles. The quantitative estimate of drug-likeness (QED) is 0.644. The van der Waals surface area contributed by atoms with Crippen molar-refractivity contribution < 1.29 is 0 Å². The summed E-state index contributed by atoms with van der Waals surface area (Å²) in [5, 5.41) is 15.0. The average Bonchev–Trinajstić information content (AvgIpc) is 2.86. The minimum Gasteiger partial charge on any atom is -0.229 e. The van der Waals surface area contributed by atoms with Crippen molar-refractivity contribution in [3.63, 3.8) is 0 Å². The Hall–Kier alpha value is -1.75. The van der Waals surface area contributed by atoms with Crippen molar-refractivity contribution >= 4 is 21.4 Å². The molecule has 0 atom stereocenters. The molecular weight excluding hydrogens is 220 g/mol. The van der Waals surface area contributed by atoms with E-state index < -0.39 is 0 Å². The molecule has 0 N–H and O–H groups in total. The Balaban J connectivity index is 2.25. The zero-order valence-corrected chi connectivity index (χ0v) is 9.82. The van der Waals surface area contributed by atoms with Crippen LogP contribution in [0.1, 0.15) is 5.56 Å². The van der Waals surface area contributed by atoms with Crippen molar-refractivity contribution in [1.82, 2.24) is 20.2 Å². The van der Waals surface area contributed by atoms with E-state index in [4.69, 9.17) is 0 Å². The fourth-order valence-electron chi connectivity index (χ4n) is 1.77. The van der Waals surface area contributed by atoms with Crippen molar-refractivity contribution in [2.75, 3.05) is 0 Å². The summed E-state index contributed by atoms with van der Waals surface area (Å²) in [6.45, 7) is 2.12. The maximum atomic E-state index is 4.01. The van der Waals surface area contributed by atoms with Crippen molar-refractivity contribution in [2.24, 2.45) is 7.05 Å². The van der Waals surface area contributed by atoms with E-state index in [1.165, 1.54) is 15.6 Å². The van der Waals surface area contributed by atoms with Crippen LogP contribution in [0.25, 0.3) is 21.5 Å². The van der Waals surface area contributed by atoms with Gasteiger partial charge in [-0.25, -0.2) is 4.68 Å². The third-order valence-corrected chi connectivity index (χ3v) is 3.73. The topological polar surface area (TPSA) is 43.6 Å². The molecule has 3 aromatic rings. The third kappa shape index (κ3) is 1.32. The van der Waals surface area contributed by atoms with Crippen LogP contribution in [0.4, 0.5) is 0 Å². The normalized spacial score (nSPS) is 11.1. The summed E-state index contributed by atoms with van der Waals surface area (Å²) in [6.07, 6.45) is 0. The second kappa shape index (κ2) is 3.38. The molecule has 2 heterocycles. The van der Waals surface area contributed by atoms with Crippen LogP contribution in [-0.4, -0.2) is 20.2 Å². The zero-order chi connectivity index (χ0) is 11.1. The second-order valence-electron chi connectivity index (χ2n) is 3.76. The molecule has 0 aliphatic heterocycles. The molecule has 0 fully saturated rings. The molecule has 4 nitrogen and oxygen atoms in total. The van der Waals surface area contributed by atoms with Gasteiger partial charge in [0.05, 0.1) is 0 Å². The van der Waals surface area contributed by atoms with Gasteiger partial charge in [0.15, 0.2) is 5.82 Å². The third-order valence-electron chi connectivity index (χ3n) is 2.65. The highest BCUT2D eigenvalue weighted by molar-refractivity contribution is 7.17. The minimum atomic E-state index is 0.799. The summed E-state index contributed by atoms with van der Waals surface area (Å²) in [5.41, 5.74) is 2.36. The van der Waals surface area contributed by atoms with Gasteiger partial charge >= 0.3 is 0 Å². The molecular formula is C11H10N4S. The predicted octanol–water partition coefficient (Wildman–Crippen LogP) is 2.40. The largest absolute Gasteiger partial charge is 0.229 e. The van der Waals surface area contributed by atoms with E-state index in [2.05, 4.69) is 46.0 Å². The maximum Gasteiger partial charge on any atom is 0.181 e. The van der Waals surface area contributed by atoms with E-state index in [9.17, 15) is 0 Å². The highest BCUT2D eigenvalue weighted by Crippen LogP contribution is 2.29. The number of aromatic nitrogens is 4. The highest BCUT2D eigenvalue weighted by atomic mass is 32.1. The summed E-state index contributed by atoms with van der Waals surface area (Å²) < 4.78 is 2.99. The van der Waals surface area contributed by atoms with E-state index in [0.717, 1.165) is 11.4 Å². The van der Waals surface area contributed by atoms with Gasteiger partial charge in [-0.15, -0.1) is 16.4 Å². The van der Waals surface area contributed by atoms with Crippen LogP contribution in [0.2, 0.25) is 0 Å². The van der Waals surface area contributed by atoms with Gasteiger partial charge in [-0.2, -0.15) is 0 Å². The molecule has 16 heavy (non-hydrogen) atoms. The lowest BCUT2D eigenvalue weighted by atomic mass is 10.1. The first-order chi connectivity index (χ1) is 7.75. The zero-order valence-electron chi connectivity index (χ0n) is 9.01. The lowest BCUT2D eigenvalue weighted by molar-refractivity contribution is 0.715. The fraction of sp³-hybridized carbons (Fsp3) is 0.182. The van der Waals surface area contributed by atoms with E-state index in [1.807, 2.05) is 7.05 Å². The number of hydrogen-bond donors (Lipinski definition) is 0. The fourth-order valence-corrected chi connectivity index (χ4v) is 2.69. The molecule has 1 aromatic carbocycles. The Morgan fingerprint density at radius 2 is 2.19 bits per heavy atom. The Kier molecular flexibility index (Phi) is 2.00.